The SMILES string of the molecule is COc1cc2c(cc1OC)[C@H](c1ccccc1)N(C(=O)/C=C/c1ccsc1)CC2. The lowest BCUT2D eigenvalue weighted by Crippen LogP contribution is -2.39. The molecule has 1 aromatic heterocycles. The first-order valence-corrected chi connectivity index (χ1v) is 10.5. The molecular formula is C24H23NO3S. The monoisotopic (exact) mass is 405 g/mol. The van der Waals surface area contributed by atoms with Crippen molar-refractivity contribution in [3.63, 3.8) is 0 Å². The average Bonchev–Trinajstić information content (AvgIpc) is 3.30. The van der Waals surface area contributed by atoms with Gasteiger partial charge in [-0.3, -0.25) is 4.79 Å². The van der Waals surface area contributed by atoms with Crippen molar-refractivity contribution in [3.05, 3.63) is 87.6 Å². The smallest absolute Gasteiger partial charge is 0.247 e. The molecule has 5 heteroatoms. The van der Waals surface area contributed by atoms with E-state index in [1.54, 1.807) is 31.6 Å². The second-order valence-electron chi connectivity index (χ2n) is 6.89. The molecule has 0 bridgehead atoms. The van der Waals surface area contributed by atoms with Crippen molar-refractivity contribution in [1.82, 2.24) is 4.90 Å². The summed E-state index contributed by atoms with van der Waals surface area (Å²) in [4.78, 5) is 15.1. The van der Waals surface area contributed by atoms with E-state index in [1.165, 1.54) is 5.56 Å². The molecule has 0 aliphatic carbocycles. The van der Waals surface area contributed by atoms with E-state index in [-0.39, 0.29) is 11.9 Å². The maximum absolute atomic E-state index is 13.2. The van der Waals surface area contributed by atoms with Gasteiger partial charge in [0, 0.05) is 12.6 Å². The number of nitrogens with zero attached hydrogens (tertiary/aromatic N) is 1. The number of amides is 1. The minimum atomic E-state index is -0.167. The minimum absolute atomic E-state index is 0.00508. The molecule has 3 aromatic rings. The van der Waals surface area contributed by atoms with Crippen LogP contribution in [0.15, 0.2) is 65.4 Å². The molecule has 1 amide bonds. The largest absolute Gasteiger partial charge is 0.493 e. The molecule has 0 spiro atoms. The summed E-state index contributed by atoms with van der Waals surface area (Å²) in [5.41, 5.74) is 4.39. The zero-order valence-corrected chi connectivity index (χ0v) is 17.3. The van der Waals surface area contributed by atoms with E-state index in [1.807, 2.05) is 58.1 Å². The number of rotatable bonds is 5. The fourth-order valence-electron chi connectivity index (χ4n) is 3.81. The zero-order chi connectivity index (χ0) is 20.2. The van der Waals surface area contributed by atoms with Crippen LogP contribution in [0.2, 0.25) is 0 Å². The molecule has 4 nitrogen and oxygen atoms in total. The second-order valence-corrected chi connectivity index (χ2v) is 7.67. The minimum Gasteiger partial charge on any atom is -0.493 e. The predicted octanol–water partition coefficient (Wildman–Crippen LogP) is 4.95. The fourth-order valence-corrected chi connectivity index (χ4v) is 4.44. The quantitative estimate of drug-likeness (QED) is 0.564. The predicted molar refractivity (Wildman–Crippen MR) is 117 cm³/mol. The molecule has 2 aromatic carbocycles. The maximum Gasteiger partial charge on any atom is 0.247 e. The Kier molecular flexibility index (Phi) is 5.67. The molecule has 0 unspecified atom stereocenters. The van der Waals surface area contributed by atoms with Crippen molar-refractivity contribution in [2.75, 3.05) is 20.8 Å². The van der Waals surface area contributed by atoms with E-state index in [0.717, 1.165) is 28.9 Å². The highest BCUT2D eigenvalue weighted by Gasteiger charge is 2.32. The zero-order valence-electron chi connectivity index (χ0n) is 16.5. The van der Waals surface area contributed by atoms with Gasteiger partial charge in [-0.1, -0.05) is 30.3 Å². The van der Waals surface area contributed by atoms with Crippen LogP contribution in [0, 0.1) is 0 Å². The first kappa shape index (κ1) is 19.3. The van der Waals surface area contributed by atoms with Crippen LogP contribution in [-0.2, 0) is 11.2 Å². The molecule has 1 aliphatic rings. The fraction of sp³-hybridized carbons (Fsp3) is 0.208. The Hall–Kier alpha value is -3.05. The van der Waals surface area contributed by atoms with Gasteiger partial charge in [0.15, 0.2) is 11.5 Å². The molecule has 29 heavy (non-hydrogen) atoms. The molecular weight excluding hydrogens is 382 g/mol. The highest BCUT2D eigenvalue weighted by Crippen LogP contribution is 2.41. The summed E-state index contributed by atoms with van der Waals surface area (Å²) in [5, 5.41) is 4.04. The molecule has 0 N–H and O–H groups in total. The van der Waals surface area contributed by atoms with Gasteiger partial charge in [-0.2, -0.15) is 11.3 Å². The van der Waals surface area contributed by atoms with E-state index in [0.29, 0.717) is 12.3 Å². The first-order chi connectivity index (χ1) is 14.2. The number of thiophene rings is 1. The number of methoxy groups -OCH3 is 2. The van der Waals surface area contributed by atoms with Gasteiger partial charge in [-0.05, 0) is 63.7 Å². The summed E-state index contributed by atoms with van der Waals surface area (Å²) >= 11 is 1.62. The molecule has 148 valence electrons. The molecule has 2 heterocycles. The Morgan fingerprint density at radius 3 is 2.55 bits per heavy atom. The second kappa shape index (κ2) is 8.53. The molecule has 1 aliphatic heterocycles. The van der Waals surface area contributed by atoms with Gasteiger partial charge >= 0.3 is 0 Å². The van der Waals surface area contributed by atoms with Crippen molar-refractivity contribution in [2.24, 2.45) is 0 Å². The van der Waals surface area contributed by atoms with E-state index < -0.39 is 0 Å². The van der Waals surface area contributed by atoms with Crippen molar-refractivity contribution in [3.8, 4) is 11.5 Å². The molecule has 0 fully saturated rings. The van der Waals surface area contributed by atoms with Crippen molar-refractivity contribution in [1.29, 1.82) is 0 Å². The Bertz CT molecular complexity index is 1010. The number of hydrogen-bond acceptors (Lipinski definition) is 4. The van der Waals surface area contributed by atoms with Crippen LogP contribution in [0.1, 0.15) is 28.3 Å². The van der Waals surface area contributed by atoms with Crippen molar-refractivity contribution in [2.45, 2.75) is 12.5 Å². The lowest BCUT2D eigenvalue weighted by molar-refractivity contribution is -0.127. The van der Waals surface area contributed by atoms with Gasteiger partial charge in [0.25, 0.3) is 0 Å². The van der Waals surface area contributed by atoms with Crippen molar-refractivity contribution < 1.29 is 14.3 Å². The third-order valence-corrected chi connectivity index (χ3v) is 5.94. The van der Waals surface area contributed by atoms with Gasteiger partial charge in [0.2, 0.25) is 5.91 Å². The normalized spacial score (nSPS) is 15.9. The van der Waals surface area contributed by atoms with Gasteiger partial charge in [0.05, 0.1) is 20.3 Å². The van der Waals surface area contributed by atoms with Crippen LogP contribution in [0.3, 0.4) is 0 Å². The van der Waals surface area contributed by atoms with Gasteiger partial charge < -0.3 is 14.4 Å². The van der Waals surface area contributed by atoms with Crippen LogP contribution in [0.4, 0.5) is 0 Å². The number of ether oxygens (including phenoxy) is 2. The molecule has 0 radical (unpaired) electrons. The van der Waals surface area contributed by atoms with E-state index in [2.05, 4.69) is 12.1 Å². The number of hydrogen-bond donors (Lipinski definition) is 0. The van der Waals surface area contributed by atoms with Gasteiger partial charge in [-0.15, -0.1) is 0 Å². The van der Waals surface area contributed by atoms with E-state index >= 15 is 0 Å². The number of carbonyl (C=O) groups is 1. The Balaban J connectivity index is 1.76. The van der Waals surface area contributed by atoms with Crippen LogP contribution < -0.4 is 9.47 Å². The summed E-state index contributed by atoms with van der Waals surface area (Å²) in [5.74, 6) is 1.40. The number of benzene rings is 2. The lowest BCUT2D eigenvalue weighted by atomic mass is 9.87. The third kappa shape index (κ3) is 3.91. The summed E-state index contributed by atoms with van der Waals surface area (Å²) in [6.45, 7) is 0.648. The van der Waals surface area contributed by atoms with Crippen LogP contribution in [0.5, 0.6) is 11.5 Å². The summed E-state index contributed by atoms with van der Waals surface area (Å²) in [7, 11) is 3.28. The van der Waals surface area contributed by atoms with Crippen LogP contribution in [-0.4, -0.2) is 31.6 Å². The number of fused-ring (bicyclic) bond motifs is 1. The van der Waals surface area contributed by atoms with Crippen LogP contribution in [0.25, 0.3) is 6.08 Å². The Morgan fingerprint density at radius 1 is 1.10 bits per heavy atom. The topological polar surface area (TPSA) is 38.8 Å². The molecule has 0 saturated heterocycles. The molecule has 0 saturated carbocycles. The van der Waals surface area contributed by atoms with Crippen molar-refractivity contribution >= 4 is 23.3 Å². The third-order valence-electron chi connectivity index (χ3n) is 5.23. The lowest BCUT2D eigenvalue weighted by Gasteiger charge is -2.37. The standard InChI is InChI=1S/C24H23NO3S/c1-27-21-14-19-10-12-25(23(26)9-8-17-11-13-29-16-17)24(18-6-4-3-5-7-18)20(19)15-22(21)28-2/h3-9,11,13-16,24H,10,12H2,1-2H3/b9-8+/t24-/m0/s1. The summed E-state index contributed by atoms with van der Waals surface area (Å²) < 4.78 is 11.0. The summed E-state index contributed by atoms with van der Waals surface area (Å²) in [6.07, 6.45) is 4.33. The Labute approximate surface area is 175 Å². The van der Waals surface area contributed by atoms with E-state index in [4.69, 9.17) is 9.47 Å². The molecule has 1 atom stereocenters. The Morgan fingerprint density at radius 2 is 1.86 bits per heavy atom. The van der Waals surface area contributed by atoms with E-state index in [9.17, 15) is 4.79 Å². The van der Waals surface area contributed by atoms with Gasteiger partial charge in [-0.25, -0.2) is 0 Å². The average molecular weight is 406 g/mol. The van der Waals surface area contributed by atoms with Gasteiger partial charge in [0.1, 0.15) is 0 Å². The number of carbonyl (C=O) groups excluding carboxylic acids is 1. The highest BCUT2D eigenvalue weighted by atomic mass is 32.1. The highest BCUT2D eigenvalue weighted by molar-refractivity contribution is 7.08. The first-order valence-electron chi connectivity index (χ1n) is 9.52. The molecule has 4 rings (SSSR count). The summed E-state index contributed by atoms with van der Waals surface area (Å²) in [6, 6.07) is 16.0. The maximum atomic E-state index is 13.2. The van der Waals surface area contributed by atoms with Crippen LogP contribution >= 0.6 is 11.3 Å².